The predicted molar refractivity (Wildman–Crippen MR) is 262 cm³/mol. The highest BCUT2D eigenvalue weighted by atomic mass is 15.0. The first-order valence-corrected chi connectivity index (χ1v) is 24.9. The maximum Gasteiger partial charge on any atom is 0.333 e. The molecule has 0 unspecified atom stereocenters. The van der Waals surface area contributed by atoms with E-state index in [1.54, 1.807) is 11.1 Å². The van der Waals surface area contributed by atoms with Gasteiger partial charge in [0.15, 0.2) is 0 Å². The third-order valence-corrected chi connectivity index (χ3v) is 19.5. The van der Waals surface area contributed by atoms with Crippen molar-refractivity contribution in [1.29, 1.82) is 0 Å². The lowest BCUT2D eigenvalue weighted by molar-refractivity contribution is -0.00527. The molecule has 9 aromatic rings. The summed E-state index contributed by atoms with van der Waals surface area (Å²) in [5.74, 6) is 5.51. The maximum atomic E-state index is 2.87. The monoisotopic (exact) mass is 810 g/mol. The fraction of sp³-hybridized carbons (Fsp3) is 0.333. The molecule has 19 rings (SSSR count). The largest absolute Gasteiger partial charge is 0.375 e. The summed E-state index contributed by atoms with van der Waals surface area (Å²) in [6.07, 6.45) is 17.3. The second-order valence-electron chi connectivity index (χ2n) is 22.9. The summed E-state index contributed by atoms with van der Waals surface area (Å²) in [4.78, 5) is 0. The smallest absolute Gasteiger partial charge is 0.333 e. The summed E-state index contributed by atoms with van der Waals surface area (Å²) in [5, 5.41) is 8.41. The van der Waals surface area contributed by atoms with E-state index < -0.39 is 0 Å². The van der Waals surface area contributed by atoms with Crippen LogP contribution in [0.15, 0.2) is 127 Å². The highest BCUT2D eigenvalue weighted by Gasteiger charge is 2.54. The van der Waals surface area contributed by atoms with Gasteiger partial charge in [0.2, 0.25) is 0 Å². The van der Waals surface area contributed by atoms with Gasteiger partial charge in [-0.2, -0.15) is 0 Å². The van der Waals surface area contributed by atoms with Crippen LogP contribution in [-0.4, -0.2) is 15.9 Å². The van der Waals surface area contributed by atoms with Crippen LogP contribution in [0.5, 0.6) is 0 Å². The van der Waals surface area contributed by atoms with Gasteiger partial charge in [-0.05, 0) is 204 Å². The molecule has 8 fully saturated rings. The highest BCUT2D eigenvalue weighted by Crippen LogP contribution is 2.63. The average molecular weight is 811 g/mol. The molecule has 3 heteroatoms. The van der Waals surface area contributed by atoms with Gasteiger partial charge in [-0.15, -0.1) is 0 Å². The second-order valence-corrected chi connectivity index (χ2v) is 22.9. The molecule has 304 valence electrons. The molecule has 4 heterocycles. The van der Waals surface area contributed by atoms with Gasteiger partial charge >= 0.3 is 6.85 Å². The van der Waals surface area contributed by atoms with Crippen LogP contribution in [0, 0.1) is 35.5 Å². The van der Waals surface area contributed by atoms with Crippen LogP contribution in [0.2, 0.25) is 0 Å². The molecule has 8 aliphatic carbocycles. The molecule has 0 N–H and O–H groups in total. The molecule has 2 nitrogen and oxygen atoms in total. The van der Waals surface area contributed by atoms with Crippen molar-refractivity contribution in [1.82, 2.24) is 9.05 Å². The SMILES string of the molecule is c1ccc(-c2cc3c4c(c2)-n2c5c(cccc5c5ccc6ccccc6c52)B4n2c4ccc(C56CC7CC(CC(C7)C5)C6)cc4c4cc(C56CC7CC(CC(C7)C5)C6)cc-3c42)cc1. The number of aromatic nitrogens is 2. The lowest BCUT2D eigenvalue weighted by atomic mass is 9.45. The summed E-state index contributed by atoms with van der Waals surface area (Å²) in [7, 11) is 0. The average Bonchev–Trinajstić information content (AvgIpc) is 3.82. The Bertz CT molecular complexity index is 3470. The number of fused-ring (bicyclic) bond motifs is 12. The Balaban J connectivity index is 1.02. The molecule has 10 aliphatic rings. The van der Waals surface area contributed by atoms with Crippen molar-refractivity contribution in [3.05, 3.63) is 139 Å². The van der Waals surface area contributed by atoms with E-state index in [0.29, 0.717) is 10.8 Å². The highest BCUT2D eigenvalue weighted by molar-refractivity contribution is 6.90. The Hall–Kier alpha value is -5.54. The maximum absolute atomic E-state index is 2.87. The van der Waals surface area contributed by atoms with Gasteiger partial charge in [0.05, 0.1) is 11.0 Å². The molecular formula is C60H51BN2. The molecule has 0 spiro atoms. The summed E-state index contributed by atoms with van der Waals surface area (Å²) >= 11 is 0. The molecular weight excluding hydrogens is 759 g/mol. The Morgan fingerprint density at radius 3 is 1.79 bits per heavy atom. The van der Waals surface area contributed by atoms with Crippen LogP contribution in [0.3, 0.4) is 0 Å². The van der Waals surface area contributed by atoms with Gasteiger partial charge in [0, 0.05) is 49.2 Å². The van der Waals surface area contributed by atoms with E-state index in [4.69, 9.17) is 0 Å². The summed E-state index contributed by atoms with van der Waals surface area (Å²) in [6, 6.07) is 51.2. The zero-order valence-corrected chi connectivity index (χ0v) is 36.0. The van der Waals surface area contributed by atoms with Crippen LogP contribution >= 0.6 is 0 Å². The Kier molecular flexibility index (Phi) is 6.14. The third-order valence-electron chi connectivity index (χ3n) is 19.5. The minimum Gasteiger partial charge on any atom is -0.375 e. The van der Waals surface area contributed by atoms with E-state index in [2.05, 4.69) is 136 Å². The number of para-hydroxylation sites is 1. The number of nitrogens with zero attached hydrogens (tertiary/aromatic N) is 2. The Morgan fingerprint density at radius 1 is 0.429 bits per heavy atom. The molecule has 8 saturated carbocycles. The van der Waals surface area contributed by atoms with Crippen molar-refractivity contribution in [2.45, 2.75) is 87.9 Å². The minimum absolute atomic E-state index is 0.0786. The number of hydrogen-bond donors (Lipinski definition) is 0. The topological polar surface area (TPSA) is 9.86 Å². The first-order valence-electron chi connectivity index (χ1n) is 24.9. The lowest BCUT2D eigenvalue weighted by Gasteiger charge is -2.57. The minimum atomic E-state index is 0.0786. The Labute approximate surface area is 369 Å². The standard InChI is InChI=1S/C60H51BN2/c1-2-7-40(8-3-1)42-23-49-51-27-44(60-31-37-20-38(32-60)22-39(21-37)33-60)26-50-48-25-43(59-28-34-17-35(29-59)19-36(18-34)30-59)14-16-53(48)63(57(50)51)61-52-12-6-11-46-47-15-13-41-9-4-5-10-45(41)56(47)62(58(46)52)54(24-42)55(49)61/h1-16,23-27,34-39H,17-22,28-33H2. The van der Waals surface area contributed by atoms with Crippen molar-refractivity contribution < 1.29 is 0 Å². The second kappa shape index (κ2) is 11.4. The van der Waals surface area contributed by atoms with Crippen molar-refractivity contribution >= 4 is 72.2 Å². The number of hydrogen-bond acceptors (Lipinski definition) is 0. The molecule has 2 aromatic heterocycles. The van der Waals surface area contributed by atoms with Crippen LogP contribution in [0.4, 0.5) is 0 Å². The molecule has 8 bridgehead atoms. The molecule has 0 amide bonds. The summed E-state index contributed by atoms with van der Waals surface area (Å²) < 4.78 is 5.58. The van der Waals surface area contributed by atoms with Gasteiger partial charge in [-0.3, -0.25) is 0 Å². The fourth-order valence-electron chi connectivity index (χ4n) is 18.1. The summed E-state index contributed by atoms with van der Waals surface area (Å²) in [5.41, 5.74) is 19.4. The van der Waals surface area contributed by atoms with Crippen molar-refractivity contribution in [2.24, 2.45) is 35.5 Å². The fourth-order valence-corrected chi connectivity index (χ4v) is 18.1. The normalized spacial score (nSPS) is 30.2. The molecule has 7 aromatic carbocycles. The quantitative estimate of drug-likeness (QED) is 0.157. The van der Waals surface area contributed by atoms with Crippen LogP contribution in [0.25, 0.3) is 82.3 Å². The zero-order valence-electron chi connectivity index (χ0n) is 36.0. The van der Waals surface area contributed by atoms with Crippen molar-refractivity contribution in [3.63, 3.8) is 0 Å². The van der Waals surface area contributed by atoms with Gasteiger partial charge in [0.1, 0.15) is 0 Å². The van der Waals surface area contributed by atoms with Gasteiger partial charge in [-0.1, -0.05) is 91.0 Å². The number of benzene rings is 7. The number of rotatable bonds is 3. The van der Waals surface area contributed by atoms with Gasteiger partial charge in [0.25, 0.3) is 0 Å². The van der Waals surface area contributed by atoms with E-state index in [-0.39, 0.29) is 6.85 Å². The van der Waals surface area contributed by atoms with E-state index >= 15 is 0 Å². The molecule has 0 radical (unpaired) electrons. The van der Waals surface area contributed by atoms with E-state index in [9.17, 15) is 0 Å². The van der Waals surface area contributed by atoms with Crippen molar-refractivity contribution in [3.8, 4) is 27.9 Å². The van der Waals surface area contributed by atoms with Crippen molar-refractivity contribution in [2.75, 3.05) is 0 Å². The first-order chi connectivity index (χ1) is 31.0. The molecule has 63 heavy (non-hydrogen) atoms. The molecule has 2 aliphatic heterocycles. The van der Waals surface area contributed by atoms with Gasteiger partial charge < -0.3 is 9.05 Å². The molecule has 0 saturated heterocycles. The van der Waals surface area contributed by atoms with Gasteiger partial charge in [-0.25, -0.2) is 0 Å². The Morgan fingerprint density at radius 2 is 1.06 bits per heavy atom. The molecule has 0 atom stereocenters. The van der Waals surface area contributed by atoms with E-state index in [0.717, 1.165) is 35.5 Å². The predicted octanol–water partition coefficient (Wildman–Crippen LogP) is 13.6. The third kappa shape index (κ3) is 4.21. The lowest BCUT2D eigenvalue weighted by Crippen LogP contribution is -2.55. The van der Waals surface area contributed by atoms with Crippen LogP contribution in [-0.2, 0) is 10.8 Å². The van der Waals surface area contributed by atoms with Crippen LogP contribution in [0.1, 0.15) is 88.2 Å². The van der Waals surface area contributed by atoms with Crippen LogP contribution < -0.4 is 10.9 Å². The zero-order chi connectivity index (χ0) is 40.5. The first kappa shape index (κ1) is 33.9. The van der Waals surface area contributed by atoms with E-state index in [1.165, 1.54) is 170 Å². The summed E-state index contributed by atoms with van der Waals surface area (Å²) in [6.45, 7) is 0.0786. The van der Waals surface area contributed by atoms with E-state index in [1.807, 2.05) is 0 Å².